The monoisotopic (exact) mass is 314 g/mol. The average molecular weight is 315 g/mol. The minimum atomic E-state index is -1.22. The Hall–Kier alpha value is -0.136. The van der Waals surface area contributed by atoms with E-state index in [2.05, 4.69) is 63.5 Å². The van der Waals surface area contributed by atoms with Gasteiger partial charge in [0.1, 0.15) is 21.1 Å². The van der Waals surface area contributed by atoms with E-state index in [1.807, 2.05) is 6.20 Å². The number of rotatable bonds is 1. The molecule has 0 saturated carbocycles. The molecule has 0 aliphatic carbocycles. The minimum Gasteiger partial charge on any atom is -0.423 e. The Morgan fingerprint density at radius 2 is 1.69 bits per heavy atom. The summed E-state index contributed by atoms with van der Waals surface area (Å²) in [6.07, 6.45) is 2.03. The zero-order chi connectivity index (χ0) is 12.0. The van der Waals surface area contributed by atoms with E-state index in [-0.39, 0.29) is 0 Å². The summed E-state index contributed by atoms with van der Waals surface area (Å²) in [6, 6.07) is 7.14. The third-order valence-electron chi connectivity index (χ3n) is 3.53. The van der Waals surface area contributed by atoms with E-state index in [1.54, 1.807) is 0 Å². The lowest BCUT2D eigenvalue weighted by Crippen LogP contribution is -2.55. The van der Waals surface area contributed by atoms with Gasteiger partial charge in [-0.25, -0.2) is 4.98 Å². The highest BCUT2D eigenvalue weighted by Gasteiger charge is 2.47. The molecule has 0 spiro atoms. The zero-order valence-corrected chi connectivity index (χ0v) is 14.0. The first kappa shape index (κ1) is 12.3. The molecule has 2 rings (SSSR count). The molecule has 1 fully saturated rings. The summed E-state index contributed by atoms with van der Waals surface area (Å²) >= 11 is 3.40. The van der Waals surface area contributed by atoms with Gasteiger partial charge < -0.3 is 4.23 Å². The number of hydrogen-bond donors (Lipinski definition) is 0. The van der Waals surface area contributed by atoms with Crippen LogP contribution in [0.5, 0.6) is 0 Å². The van der Waals surface area contributed by atoms with Crippen molar-refractivity contribution in [1.82, 2.24) is 4.98 Å². The topological polar surface area (TPSA) is 16.1 Å². The van der Waals surface area contributed by atoms with Crippen LogP contribution in [0.2, 0.25) is 38.3 Å². The standard InChI is InChI=1S/C11H19BrN2Si2/c1-15(2)7-8-16(3,4)14(15)10-5-6-11(12)13-9-10/h5-6,9H,7-8H2,1-4H3. The van der Waals surface area contributed by atoms with Gasteiger partial charge in [0, 0.05) is 11.9 Å². The maximum atomic E-state index is 4.37. The molecule has 0 radical (unpaired) electrons. The Bertz CT molecular complexity index is 373. The van der Waals surface area contributed by atoms with Crippen LogP contribution in [0.4, 0.5) is 5.69 Å². The molecule has 2 nitrogen and oxygen atoms in total. The number of halogens is 1. The van der Waals surface area contributed by atoms with E-state index in [4.69, 9.17) is 0 Å². The molecule has 1 aliphatic heterocycles. The quantitative estimate of drug-likeness (QED) is 0.573. The lowest BCUT2D eigenvalue weighted by molar-refractivity contribution is 1.25. The van der Waals surface area contributed by atoms with Crippen LogP contribution in [-0.4, -0.2) is 21.5 Å². The highest BCUT2D eigenvalue weighted by atomic mass is 79.9. The molecule has 5 heteroatoms. The van der Waals surface area contributed by atoms with Crippen LogP contribution >= 0.6 is 15.9 Å². The normalized spacial score (nSPS) is 22.4. The van der Waals surface area contributed by atoms with Gasteiger partial charge in [0.25, 0.3) is 0 Å². The summed E-state index contributed by atoms with van der Waals surface area (Å²) in [7, 11) is -2.45. The lowest BCUT2D eigenvalue weighted by atomic mass is 10.4. The third-order valence-corrected chi connectivity index (χ3v) is 14.0. The molecular weight excluding hydrogens is 296 g/mol. The second kappa shape index (κ2) is 3.96. The maximum absolute atomic E-state index is 4.37. The molecule has 1 aromatic rings. The van der Waals surface area contributed by atoms with Gasteiger partial charge in [0.2, 0.25) is 0 Å². The number of hydrogen-bond acceptors (Lipinski definition) is 2. The summed E-state index contributed by atoms with van der Waals surface area (Å²) in [6.45, 7) is 9.93. The van der Waals surface area contributed by atoms with E-state index in [1.165, 1.54) is 17.8 Å². The van der Waals surface area contributed by atoms with Gasteiger partial charge in [0.05, 0.1) is 0 Å². The molecule has 0 unspecified atom stereocenters. The largest absolute Gasteiger partial charge is 0.423 e. The Balaban J connectivity index is 2.41. The van der Waals surface area contributed by atoms with Crippen molar-refractivity contribution in [3.05, 3.63) is 22.9 Å². The fourth-order valence-corrected chi connectivity index (χ4v) is 17.3. The fraction of sp³-hybridized carbons (Fsp3) is 0.545. The Kier molecular flexibility index (Phi) is 3.05. The predicted octanol–water partition coefficient (Wildman–Crippen LogP) is 4.07. The first-order valence-corrected chi connectivity index (χ1v) is 12.8. The van der Waals surface area contributed by atoms with Crippen molar-refractivity contribution >= 4 is 38.1 Å². The molecule has 0 aromatic carbocycles. The predicted molar refractivity (Wildman–Crippen MR) is 79.0 cm³/mol. The fourth-order valence-electron chi connectivity index (χ4n) is 2.85. The molecule has 16 heavy (non-hydrogen) atoms. The van der Waals surface area contributed by atoms with E-state index < -0.39 is 16.5 Å². The second-order valence-corrected chi connectivity index (χ2v) is 16.2. The van der Waals surface area contributed by atoms with E-state index >= 15 is 0 Å². The van der Waals surface area contributed by atoms with Gasteiger partial charge in [0.15, 0.2) is 0 Å². The van der Waals surface area contributed by atoms with Gasteiger partial charge >= 0.3 is 0 Å². The van der Waals surface area contributed by atoms with Gasteiger partial charge in [-0.2, -0.15) is 0 Å². The van der Waals surface area contributed by atoms with Crippen LogP contribution in [0.25, 0.3) is 0 Å². The molecule has 0 bridgehead atoms. The van der Waals surface area contributed by atoms with Crippen LogP contribution in [0.3, 0.4) is 0 Å². The molecule has 1 aromatic heterocycles. The molecule has 88 valence electrons. The molecule has 2 heterocycles. The van der Waals surface area contributed by atoms with Crippen molar-refractivity contribution in [2.45, 2.75) is 38.3 Å². The van der Waals surface area contributed by atoms with Crippen LogP contribution in [0.15, 0.2) is 22.9 Å². The van der Waals surface area contributed by atoms with Crippen molar-refractivity contribution < 1.29 is 0 Å². The highest BCUT2D eigenvalue weighted by Crippen LogP contribution is 2.40. The highest BCUT2D eigenvalue weighted by molar-refractivity contribution is 9.10. The van der Waals surface area contributed by atoms with E-state index in [0.717, 1.165) is 4.60 Å². The average Bonchev–Trinajstić information content (AvgIpc) is 2.39. The summed E-state index contributed by atoms with van der Waals surface area (Å²) in [5, 5.41) is 0. The van der Waals surface area contributed by atoms with Gasteiger partial charge in [-0.3, -0.25) is 0 Å². The zero-order valence-electron chi connectivity index (χ0n) is 10.4. The first-order valence-electron chi connectivity index (χ1n) is 5.75. The summed E-state index contributed by atoms with van der Waals surface area (Å²) < 4.78 is 3.70. The third kappa shape index (κ3) is 2.12. The van der Waals surface area contributed by atoms with Crippen LogP contribution in [-0.2, 0) is 0 Å². The number of anilines is 1. The molecular formula is C11H19BrN2Si2. The van der Waals surface area contributed by atoms with Crippen molar-refractivity contribution in [3.8, 4) is 0 Å². The lowest BCUT2D eigenvalue weighted by Gasteiger charge is -2.41. The number of pyridine rings is 1. The molecule has 0 atom stereocenters. The maximum Gasteiger partial charge on any atom is 0.141 e. The summed E-state index contributed by atoms with van der Waals surface area (Å²) in [4.78, 5) is 4.37. The molecule has 0 N–H and O–H groups in total. The summed E-state index contributed by atoms with van der Waals surface area (Å²) in [5.41, 5.74) is 1.34. The van der Waals surface area contributed by atoms with Gasteiger partial charge in [-0.15, -0.1) is 0 Å². The Morgan fingerprint density at radius 3 is 2.12 bits per heavy atom. The number of aromatic nitrogens is 1. The Morgan fingerprint density at radius 1 is 1.12 bits per heavy atom. The van der Waals surface area contributed by atoms with Crippen LogP contribution < -0.4 is 4.23 Å². The van der Waals surface area contributed by atoms with Crippen molar-refractivity contribution in [3.63, 3.8) is 0 Å². The minimum absolute atomic E-state index is 0.925. The smallest absolute Gasteiger partial charge is 0.141 e. The van der Waals surface area contributed by atoms with Crippen molar-refractivity contribution in [2.75, 3.05) is 4.23 Å². The number of nitrogens with zero attached hydrogens (tertiary/aromatic N) is 2. The SMILES string of the molecule is C[Si]1(C)CC[Si](C)(C)N1c1ccc(Br)nc1. The first-order chi connectivity index (χ1) is 7.33. The Labute approximate surface area is 108 Å². The summed E-state index contributed by atoms with van der Waals surface area (Å²) in [5.74, 6) is 0. The van der Waals surface area contributed by atoms with E-state index in [0.29, 0.717) is 0 Å². The van der Waals surface area contributed by atoms with Crippen molar-refractivity contribution in [2.24, 2.45) is 0 Å². The van der Waals surface area contributed by atoms with E-state index in [9.17, 15) is 0 Å². The molecule has 0 amide bonds. The molecule has 1 saturated heterocycles. The van der Waals surface area contributed by atoms with Gasteiger partial charge in [-0.05, 0) is 40.2 Å². The van der Waals surface area contributed by atoms with Crippen molar-refractivity contribution in [1.29, 1.82) is 0 Å². The van der Waals surface area contributed by atoms with Gasteiger partial charge in [-0.1, -0.05) is 26.2 Å². The second-order valence-electron chi connectivity index (χ2n) is 5.80. The molecule has 1 aliphatic rings. The van der Waals surface area contributed by atoms with Crippen LogP contribution in [0.1, 0.15) is 0 Å². The van der Waals surface area contributed by atoms with Crippen LogP contribution in [0, 0.1) is 0 Å².